The molecule has 0 saturated carbocycles. The van der Waals surface area contributed by atoms with Gasteiger partial charge >= 0.3 is 5.97 Å². The van der Waals surface area contributed by atoms with E-state index in [1.165, 1.54) is 11.3 Å². The maximum atomic E-state index is 10.9. The van der Waals surface area contributed by atoms with E-state index in [4.69, 9.17) is 5.11 Å². The minimum absolute atomic E-state index is 0.411. The fourth-order valence-electron chi connectivity index (χ4n) is 1.37. The fraction of sp³-hybridized carbons (Fsp3) is 0.444. The molecule has 0 aliphatic rings. The monoisotopic (exact) mass is 291 g/mol. The molecule has 1 heterocycles. The Morgan fingerprint density at radius 3 is 2.80 bits per heavy atom. The molecule has 0 fully saturated rings. The van der Waals surface area contributed by atoms with E-state index in [0.29, 0.717) is 22.3 Å². The number of rotatable bonds is 5. The molecule has 4 nitrogen and oxygen atoms in total. The van der Waals surface area contributed by atoms with Crippen LogP contribution >= 0.6 is 27.3 Å². The van der Waals surface area contributed by atoms with Gasteiger partial charge < -0.3 is 9.90 Å². The molecule has 0 aromatic carbocycles. The van der Waals surface area contributed by atoms with Crippen LogP contribution in [0, 0.1) is 5.92 Å². The number of carbonyl (C=O) groups excluding carboxylic acids is 1. The van der Waals surface area contributed by atoms with Gasteiger partial charge in [0.15, 0.2) is 3.92 Å². The van der Waals surface area contributed by atoms with Gasteiger partial charge in [0.25, 0.3) is 0 Å². The number of hydrogen-bond donors (Lipinski definition) is 1. The first kappa shape index (κ1) is 12.3. The maximum Gasteiger partial charge on any atom is 0.307 e. The van der Waals surface area contributed by atoms with Crippen molar-refractivity contribution < 1.29 is 14.7 Å². The molecule has 0 bridgehead atoms. The highest BCUT2D eigenvalue weighted by Gasteiger charge is 2.29. The molecule has 0 aliphatic heterocycles. The highest BCUT2D eigenvalue weighted by Crippen LogP contribution is 2.28. The number of aldehydes is 1. The van der Waals surface area contributed by atoms with Gasteiger partial charge in [-0.15, -0.1) is 11.3 Å². The zero-order valence-corrected chi connectivity index (χ0v) is 10.4. The second kappa shape index (κ2) is 5.37. The Hall–Kier alpha value is -0.750. The van der Waals surface area contributed by atoms with Crippen LogP contribution in [0.25, 0.3) is 0 Å². The summed E-state index contributed by atoms with van der Waals surface area (Å²) in [5.41, 5.74) is 0.524. The molecule has 82 valence electrons. The molecule has 2 atom stereocenters. The summed E-state index contributed by atoms with van der Waals surface area (Å²) in [6.45, 7) is 1.75. The van der Waals surface area contributed by atoms with Gasteiger partial charge in [-0.05, 0) is 22.4 Å². The summed E-state index contributed by atoms with van der Waals surface area (Å²) >= 11 is 4.52. The summed E-state index contributed by atoms with van der Waals surface area (Å²) in [6, 6.07) is 0. The van der Waals surface area contributed by atoms with Gasteiger partial charge in [-0.3, -0.25) is 4.79 Å². The number of halogens is 1. The predicted molar refractivity (Wildman–Crippen MR) is 60.0 cm³/mol. The van der Waals surface area contributed by atoms with Crippen LogP contribution in [0.15, 0.2) is 9.30 Å². The fourth-order valence-corrected chi connectivity index (χ4v) is 2.44. The number of hydrogen-bond acceptors (Lipinski definition) is 4. The van der Waals surface area contributed by atoms with Gasteiger partial charge in [0, 0.05) is 5.38 Å². The van der Waals surface area contributed by atoms with E-state index >= 15 is 0 Å². The summed E-state index contributed by atoms with van der Waals surface area (Å²) in [4.78, 5) is 25.9. The number of carboxylic acids is 1. The first-order valence-corrected chi connectivity index (χ1v) is 6.06. The van der Waals surface area contributed by atoms with Crippen molar-refractivity contribution in [2.45, 2.75) is 19.3 Å². The average molecular weight is 292 g/mol. The van der Waals surface area contributed by atoms with Gasteiger partial charge in [0.05, 0.1) is 17.5 Å². The van der Waals surface area contributed by atoms with E-state index in [0.717, 1.165) is 0 Å². The van der Waals surface area contributed by atoms with E-state index in [-0.39, 0.29) is 0 Å². The normalized spacial score (nSPS) is 14.5. The summed E-state index contributed by atoms with van der Waals surface area (Å²) in [5.74, 6) is -2.31. The summed E-state index contributed by atoms with van der Waals surface area (Å²) in [6.07, 6.45) is 1.07. The first-order valence-electron chi connectivity index (χ1n) is 4.39. The van der Waals surface area contributed by atoms with Crippen molar-refractivity contribution in [2.24, 2.45) is 5.92 Å². The molecule has 0 amide bonds. The van der Waals surface area contributed by atoms with E-state index in [2.05, 4.69) is 20.9 Å². The molecule has 0 saturated heterocycles. The predicted octanol–water partition coefficient (Wildman–Crippen LogP) is 2.30. The summed E-state index contributed by atoms with van der Waals surface area (Å²) < 4.78 is 0.657. The first-order chi connectivity index (χ1) is 7.10. The molecular weight excluding hydrogens is 282 g/mol. The number of aliphatic carboxylic acids is 1. The van der Waals surface area contributed by atoms with Crippen LogP contribution < -0.4 is 0 Å². The van der Waals surface area contributed by atoms with Gasteiger partial charge in [-0.25, -0.2) is 4.98 Å². The highest BCUT2D eigenvalue weighted by atomic mass is 79.9. The van der Waals surface area contributed by atoms with Crippen molar-refractivity contribution in [3.8, 4) is 0 Å². The third-order valence-electron chi connectivity index (χ3n) is 2.17. The standard InChI is InChI=1S/C9H10BrNO3S/c1-2-5(8(13)14)6(3-12)7-4-15-9(10)11-7/h3-6H,2H2,1H3,(H,13,14). The lowest BCUT2D eigenvalue weighted by atomic mass is 9.89. The molecule has 1 aromatic heterocycles. The quantitative estimate of drug-likeness (QED) is 0.846. The van der Waals surface area contributed by atoms with Crippen LogP contribution in [0.1, 0.15) is 25.0 Å². The van der Waals surface area contributed by atoms with Crippen molar-refractivity contribution in [3.63, 3.8) is 0 Å². The molecule has 0 aliphatic carbocycles. The van der Waals surface area contributed by atoms with E-state index in [1.54, 1.807) is 12.3 Å². The van der Waals surface area contributed by atoms with Crippen molar-refractivity contribution in [1.29, 1.82) is 0 Å². The smallest absolute Gasteiger partial charge is 0.307 e. The maximum absolute atomic E-state index is 10.9. The zero-order chi connectivity index (χ0) is 11.4. The van der Waals surface area contributed by atoms with Crippen LogP contribution in [0.3, 0.4) is 0 Å². The van der Waals surface area contributed by atoms with Crippen LogP contribution in [0.4, 0.5) is 0 Å². The molecule has 15 heavy (non-hydrogen) atoms. The Bertz CT molecular complexity index is 366. The van der Waals surface area contributed by atoms with E-state index in [1.807, 2.05) is 0 Å². The third-order valence-corrected chi connectivity index (χ3v) is 3.56. The van der Waals surface area contributed by atoms with Crippen molar-refractivity contribution in [3.05, 3.63) is 15.0 Å². The second-order valence-electron chi connectivity index (χ2n) is 3.04. The molecule has 1 aromatic rings. The van der Waals surface area contributed by atoms with Crippen LogP contribution in [-0.2, 0) is 9.59 Å². The molecule has 1 N–H and O–H groups in total. The number of thiazole rings is 1. The summed E-state index contributed by atoms with van der Waals surface area (Å²) in [5, 5.41) is 10.7. The van der Waals surface area contributed by atoms with Crippen LogP contribution in [0.5, 0.6) is 0 Å². The molecule has 0 spiro atoms. The Morgan fingerprint density at radius 2 is 2.47 bits per heavy atom. The highest BCUT2D eigenvalue weighted by molar-refractivity contribution is 9.11. The minimum atomic E-state index is -0.960. The van der Waals surface area contributed by atoms with Crippen molar-refractivity contribution in [1.82, 2.24) is 4.98 Å². The van der Waals surface area contributed by atoms with Gasteiger partial charge in [0.2, 0.25) is 0 Å². The molecule has 1 rings (SSSR count). The Kier molecular flexibility index (Phi) is 4.41. The Labute approximate surface area is 99.5 Å². The lowest BCUT2D eigenvalue weighted by Crippen LogP contribution is -2.22. The topological polar surface area (TPSA) is 67.3 Å². The number of carbonyl (C=O) groups is 2. The van der Waals surface area contributed by atoms with Gasteiger partial charge in [-0.2, -0.15) is 0 Å². The van der Waals surface area contributed by atoms with Crippen molar-refractivity contribution >= 4 is 39.5 Å². The largest absolute Gasteiger partial charge is 0.481 e. The number of aromatic nitrogens is 1. The van der Waals surface area contributed by atoms with Gasteiger partial charge in [-0.1, -0.05) is 6.92 Å². The second-order valence-corrected chi connectivity index (χ2v) is 5.17. The molecular formula is C9H10BrNO3S. The number of nitrogens with zero attached hydrogens (tertiary/aromatic N) is 1. The zero-order valence-electron chi connectivity index (χ0n) is 8.01. The summed E-state index contributed by atoms with van der Waals surface area (Å²) in [7, 11) is 0. The molecule has 0 radical (unpaired) electrons. The average Bonchev–Trinajstić information content (AvgIpc) is 2.60. The molecule has 6 heteroatoms. The lowest BCUT2D eigenvalue weighted by molar-refractivity contribution is -0.143. The van der Waals surface area contributed by atoms with Gasteiger partial charge in [0.1, 0.15) is 6.29 Å². The van der Waals surface area contributed by atoms with E-state index in [9.17, 15) is 9.59 Å². The SMILES string of the molecule is CCC(C(=O)O)C(C=O)c1csc(Br)n1. The molecule has 2 unspecified atom stereocenters. The van der Waals surface area contributed by atoms with E-state index < -0.39 is 17.8 Å². The Balaban J connectivity index is 2.96. The van der Waals surface area contributed by atoms with Crippen molar-refractivity contribution in [2.75, 3.05) is 0 Å². The minimum Gasteiger partial charge on any atom is -0.481 e. The third kappa shape index (κ3) is 2.85. The lowest BCUT2D eigenvalue weighted by Gasteiger charge is -2.14. The number of carboxylic acid groups (broad SMARTS) is 1. The van der Waals surface area contributed by atoms with Crippen LogP contribution in [0.2, 0.25) is 0 Å². The van der Waals surface area contributed by atoms with Crippen LogP contribution in [-0.4, -0.2) is 22.3 Å². The Morgan fingerprint density at radius 1 is 1.80 bits per heavy atom.